The van der Waals surface area contributed by atoms with Crippen LogP contribution in [0.4, 0.5) is 34.6 Å². The molecule has 3 nitrogen and oxygen atoms in total. The molecule has 0 amide bonds. The second-order valence-corrected chi connectivity index (χ2v) is 6.94. The van der Waals surface area contributed by atoms with Crippen LogP contribution < -0.4 is 16.0 Å². The summed E-state index contributed by atoms with van der Waals surface area (Å²) < 4.78 is 52.3. The molecule has 1 heterocycles. The van der Waals surface area contributed by atoms with Crippen LogP contribution in [0.15, 0.2) is 36.4 Å². The van der Waals surface area contributed by atoms with Crippen LogP contribution >= 0.6 is 0 Å². The van der Waals surface area contributed by atoms with E-state index in [2.05, 4.69) is 5.32 Å². The summed E-state index contributed by atoms with van der Waals surface area (Å²) in [5, 5.41) is 3.17. The molecule has 3 N–H and O–H groups in total. The van der Waals surface area contributed by atoms with Crippen LogP contribution in [0, 0.1) is 18.7 Å². The molecular weight excluding hydrogens is 358 g/mol. The van der Waals surface area contributed by atoms with E-state index in [0.717, 1.165) is 16.9 Å². The Morgan fingerprint density at radius 3 is 2.30 bits per heavy atom. The van der Waals surface area contributed by atoms with E-state index in [1.807, 2.05) is 36.1 Å². The molecule has 3 rings (SSSR count). The summed E-state index contributed by atoms with van der Waals surface area (Å²) in [5.74, 6) is -1.56. The first-order valence-corrected chi connectivity index (χ1v) is 8.96. The summed E-state index contributed by atoms with van der Waals surface area (Å²) in [5.41, 5.74) is 9.20. The fourth-order valence-corrected chi connectivity index (χ4v) is 3.41. The minimum absolute atomic E-state index is 0.121. The van der Waals surface area contributed by atoms with Gasteiger partial charge < -0.3 is 16.0 Å². The van der Waals surface area contributed by atoms with Crippen LogP contribution in [0.2, 0.25) is 0 Å². The van der Waals surface area contributed by atoms with Gasteiger partial charge in [0, 0.05) is 42.3 Å². The zero-order valence-corrected chi connectivity index (χ0v) is 15.1. The van der Waals surface area contributed by atoms with Gasteiger partial charge in [0.15, 0.2) is 0 Å². The molecule has 0 aliphatic carbocycles. The maximum absolute atomic E-state index is 13.9. The predicted octanol–water partition coefficient (Wildman–Crippen LogP) is 5.12. The van der Waals surface area contributed by atoms with Gasteiger partial charge in [-0.1, -0.05) is 0 Å². The van der Waals surface area contributed by atoms with Crippen LogP contribution in [0.1, 0.15) is 24.0 Å². The maximum Gasteiger partial charge on any atom is 0.391 e. The molecule has 7 heteroatoms. The van der Waals surface area contributed by atoms with Gasteiger partial charge in [-0.25, -0.2) is 4.39 Å². The first kappa shape index (κ1) is 19.5. The van der Waals surface area contributed by atoms with Crippen LogP contribution in [0.25, 0.3) is 0 Å². The molecule has 1 aliphatic rings. The van der Waals surface area contributed by atoms with Gasteiger partial charge in [0.25, 0.3) is 0 Å². The summed E-state index contributed by atoms with van der Waals surface area (Å²) in [7, 11) is 0. The Balaban J connectivity index is 1.66. The lowest BCUT2D eigenvalue weighted by molar-refractivity contribution is -0.179. The molecule has 2 aromatic rings. The normalized spacial score (nSPS) is 15.9. The molecule has 0 spiro atoms. The van der Waals surface area contributed by atoms with E-state index in [1.165, 1.54) is 6.07 Å². The van der Waals surface area contributed by atoms with Crippen molar-refractivity contribution in [3.05, 3.63) is 53.3 Å². The van der Waals surface area contributed by atoms with Gasteiger partial charge in [-0.05, 0) is 61.7 Å². The average molecular weight is 381 g/mol. The Morgan fingerprint density at radius 2 is 1.74 bits per heavy atom. The summed E-state index contributed by atoms with van der Waals surface area (Å²) in [4.78, 5) is 1.97. The van der Waals surface area contributed by atoms with Crippen molar-refractivity contribution in [2.75, 3.05) is 23.3 Å². The van der Waals surface area contributed by atoms with Gasteiger partial charge in [0.1, 0.15) is 5.82 Å². The molecule has 146 valence electrons. The SMILES string of the molecule is Cc1cc(CN)c(F)cc1Nc1ccc(N2CCC(C(F)(F)F)CC2)cc1. The zero-order chi connectivity index (χ0) is 19.6. The lowest BCUT2D eigenvalue weighted by atomic mass is 9.96. The number of rotatable bonds is 4. The first-order chi connectivity index (χ1) is 12.8. The fourth-order valence-electron chi connectivity index (χ4n) is 3.41. The Bertz CT molecular complexity index is 779. The molecule has 0 atom stereocenters. The summed E-state index contributed by atoms with van der Waals surface area (Å²) in [6.07, 6.45) is -3.86. The minimum atomic E-state index is -4.10. The van der Waals surface area contributed by atoms with Gasteiger partial charge in [0.2, 0.25) is 0 Å². The topological polar surface area (TPSA) is 41.3 Å². The van der Waals surface area contributed by atoms with Crippen molar-refractivity contribution in [1.29, 1.82) is 0 Å². The second kappa shape index (κ2) is 7.76. The molecule has 0 unspecified atom stereocenters. The van der Waals surface area contributed by atoms with E-state index in [-0.39, 0.29) is 25.2 Å². The van der Waals surface area contributed by atoms with E-state index >= 15 is 0 Å². The van der Waals surface area contributed by atoms with Gasteiger partial charge in [-0.2, -0.15) is 13.2 Å². The van der Waals surface area contributed by atoms with Crippen LogP contribution in [0.5, 0.6) is 0 Å². The highest BCUT2D eigenvalue weighted by atomic mass is 19.4. The third-order valence-electron chi connectivity index (χ3n) is 5.08. The summed E-state index contributed by atoms with van der Waals surface area (Å²) >= 11 is 0. The molecule has 0 radical (unpaired) electrons. The smallest absolute Gasteiger partial charge is 0.372 e. The summed E-state index contributed by atoms with van der Waals surface area (Å²) in [6, 6.07) is 10.6. The fraction of sp³-hybridized carbons (Fsp3) is 0.400. The molecule has 27 heavy (non-hydrogen) atoms. The van der Waals surface area contributed by atoms with E-state index in [1.54, 1.807) is 6.07 Å². The zero-order valence-electron chi connectivity index (χ0n) is 15.1. The standard InChI is InChI=1S/C20H23F4N3/c1-13-10-14(12-25)18(21)11-19(13)26-16-2-4-17(5-3-16)27-8-6-15(7-9-27)20(22,23)24/h2-5,10-11,15,26H,6-9,12,25H2,1H3. The molecular formula is C20H23F4N3. The highest BCUT2D eigenvalue weighted by Crippen LogP contribution is 2.35. The Kier molecular flexibility index (Phi) is 5.60. The van der Waals surface area contributed by atoms with Gasteiger partial charge in [-0.15, -0.1) is 0 Å². The molecule has 1 aliphatic heterocycles. The third kappa shape index (κ3) is 4.53. The van der Waals surface area contributed by atoms with E-state index in [9.17, 15) is 17.6 Å². The number of hydrogen-bond acceptors (Lipinski definition) is 3. The molecule has 0 aromatic heterocycles. The Hall–Kier alpha value is -2.28. The quantitative estimate of drug-likeness (QED) is 0.723. The Morgan fingerprint density at radius 1 is 1.11 bits per heavy atom. The molecule has 1 saturated heterocycles. The van der Waals surface area contributed by atoms with Crippen molar-refractivity contribution >= 4 is 17.1 Å². The predicted molar refractivity (Wildman–Crippen MR) is 99.7 cm³/mol. The van der Waals surface area contributed by atoms with E-state index in [4.69, 9.17) is 5.73 Å². The highest BCUT2D eigenvalue weighted by molar-refractivity contribution is 5.66. The average Bonchev–Trinajstić information content (AvgIpc) is 2.64. The van der Waals surface area contributed by atoms with Crippen molar-refractivity contribution in [3.63, 3.8) is 0 Å². The van der Waals surface area contributed by atoms with E-state index in [0.29, 0.717) is 24.3 Å². The number of benzene rings is 2. The number of aryl methyl sites for hydroxylation is 1. The summed E-state index contributed by atoms with van der Waals surface area (Å²) in [6.45, 7) is 2.80. The van der Waals surface area contributed by atoms with Gasteiger partial charge in [-0.3, -0.25) is 0 Å². The van der Waals surface area contributed by atoms with Crippen molar-refractivity contribution in [2.24, 2.45) is 11.7 Å². The van der Waals surface area contributed by atoms with Gasteiger partial charge in [0.05, 0.1) is 5.92 Å². The minimum Gasteiger partial charge on any atom is -0.372 e. The highest BCUT2D eigenvalue weighted by Gasteiger charge is 2.41. The number of halogens is 4. The van der Waals surface area contributed by atoms with Crippen LogP contribution in [-0.2, 0) is 6.54 Å². The second-order valence-electron chi connectivity index (χ2n) is 6.94. The number of anilines is 3. The van der Waals surface area contributed by atoms with Crippen molar-refractivity contribution in [1.82, 2.24) is 0 Å². The number of alkyl halides is 3. The van der Waals surface area contributed by atoms with Crippen molar-refractivity contribution < 1.29 is 17.6 Å². The number of nitrogens with two attached hydrogens (primary N) is 1. The van der Waals surface area contributed by atoms with E-state index < -0.39 is 12.1 Å². The molecule has 0 bridgehead atoms. The maximum atomic E-state index is 13.9. The Labute approximate surface area is 156 Å². The molecule has 1 fully saturated rings. The first-order valence-electron chi connectivity index (χ1n) is 8.96. The lowest BCUT2D eigenvalue weighted by Crippen LogP contribution is -2.38. The number of nitrogens with zero attached hydrogens (tertiary/aromatic N) is 1. The molecule has 2 aromatic carbocycles. The van der Waals surface area contributed by atoms with Crippen molar-refractivity contribution in [3.8, 4) is 0 Å². The number of piperidine rings is 1. The number of hydrogen-bond donors (Lipinski definition) is 2. The van der Waals surface area contributed by atoms with Gasteiger partial charge >= 0.3 is 6.18 Å². The molecule has 0 saturated carbocycles. The number of nitrogens with one attached hydrogen (secondary N) is 1. The monoisotopic (exact) mass is 381 g/mol. The lowest BCUT2D eigenvalue weighted by Gasteiger charge is -2.34. The van der Waals surface area contributed by atoms with Crippen LogP contribution in [0.3, 0.4) is 0 Å². The van der Waals surface area contributed by atoms with Crippen LogP contribution in [-0.4, -0.2) is 19.3 Å². The van der Waals surface area contributed by atoms with Crippen molar-refractivity contribution in [2.45, 2.75) is 32.5 Å². The third-order valence-corrected chi connectivity index (χ3v) is 5.08. The largest absolute Gasteiger partial charge is 0.391 e.